The van der Waals surface area contributed by atoms with Crippen LogP contribution in [0.5, 0.6) is 5.75 Å². The number of piperidine rings is 1. The number of alkyl halides is 2. The monoisotopic (exact) mass is 491 g/mol. The summed E-state index contributed by atoms with van der Waals surface area (Å²) in [7, 11) is 0. The molecule has 2 saturated heterocycles. The van der Waals surface area contributed by atoms with E-state index in [1.54, 1.807) is 29.2 Å². The fourth-order valence-corrected chi connectivity index (χ4v) is 4.49. The zero-order valence-electron chi connectivity index (χ0n) is 18.3. The average molecular weight is 492 g/mol. The summed E-state index contributed by atoms with van der Waals surface area (Å²) in [6.07, 6.45) is 2.41. The van der Waals surface area contributed by atoms with Crippen LogP contribution in [0.25, 0.3) is 0 Å². The van der Waals surface area contributed by atoms with Crippen LogP contribution in [-0.2, 0) is 9.59 Å². The van der Waals surface area contributed by atoms with Crippen LogP contribution in [-0.4, -0.2) is 48.9 Å². The molecule has 7 nitrogen and oxygen atoms in total. The molecule has 34 heavy (non-hydrogen) atoms. The summed E-state index contributed by atoms with van der Waals surface area (Å²) in [6.45, 7) is -1.90. The Bertz CT molecular complexity index is 1100. The predicted molar refractivity (Wildman–Crippen MR) is 123 cm³/mol. The van der Waals surface area contributed by atoms with E-state index in [-0.39, 0.29) is 29.7 Å². The fraction of sp³-hybridized carbons (Fsp3) is 0.375. The summed E-state index contributed by atoms with van der Waals surface area (Å²) < 4.78 is 29.9. The predicted octanol–water partition coefficient (Wildman–Crippen LogP) is 4.56. The van der Waals surface area contributed by atoms with Crippen molar-refractivity contribution in [1.82, 2.24) is 4.90 Å². The first-order chi connectivity index (χ1) is 16.3. The van der Waals surface area contributed by atoms with Crippen molar-refractivity contribution in [3.63, 3.8) is 0 Å². The van der Waals surface area contributed by atoms with Crippen LogP contribution in [0.2, 0.25) is 5.02 Å². The topological polar surface area (TPSA) is 79.0 Å². The van der Waals surface area contributed by atoms with Crippen molar-refractivity contribution in [2.24, 2.45) is 5.92 Å². The molecule has 0 aliphatic carbocycles. The highest BCUT2D eigenvalue weighted by Gasteiger charge is 2.31. The third-order valence-corrected chi connectivity index (χ3v) is 6.34. The smallest absolute Gasteiger partial charge is 0.387 e. The molecule has 2 aromatic rings. The molecule has 1 unspecified atom stereocenters. The van der Waals surface area contributed by atoms with Crippen molar-refractivity contribution < 1.29 is 27.9 Å². The first-order valence-corrected chi connectivity index (χ1v) is 11.4. The Labute approximate surface area is 200 Å². The molecular weight excluding hydrogens is 468 g/mol. The van der Waals surface area contributed by atoms with Gasteiger partial charge in [-0.15, -0.1) is 0 Å². The van der Waals surface area contributed by atoms with Gasteiger partial charge >= 0.3 is 6.61 Å². The number of hydrogen-bond acceptors (Lipinski definition) is 4. The first kappa shape index (κ1) is 23.9. The number of rotatable bonds is 6. The second-order valence-electron chi connectivity index (χ2n) is 8.27. The van der Waals surface area contributed by atoms with Gasteiger partial charge in [0.1, 0.15) is 5.75 Å². The number of carbonyl (C=O) groups excluding carboxylic acids is 3. The van der Waals surface area contributed by atoms with Gasteiger partial charge < -0.3 is 19.9 Å². The standard InChI is InChI=1S/C24H24ClF2N3O4/c25-18-10-9-16(30-12-4-8-21(30)31)13-19(18)28-22(32)15-5-3-11-29(14-15)23(33)17-6-1-2-7-20(17)34-24(26)27/h1-2,6-7,9-10,13,15,24H,3-5,8,11-12,14H2,(H,28,32). The van der Waals surface area contributed by atoms with E-state index in [9.17, 15) is 23.2 Å². The molecule has 0 saturated carbocycles. The number of nitrogens with one attached hydrogen (secondary N) is 1. The van der Waals surface area contributed by atoms with E-state index in [1.807, 2.05) is 0 Å². The highest BCUT2D eigenvalue weighted by Crippen LogP contribution is 2.31. The van der Waals surface area contributed by atoms with Gasteiger partial charge in [-0.05, 0) is 49.6 Å². The number of halogens is 3. The van der Waals surface area contributed by atoms with E-state index in [4.69, 9.17) is 11.6 Å². The molecule has 2 fully saturated rings. The van der Waals surface area contributed by atoms with Crippen LogP contribution in [0.4, 0.5) is 20.2 Å². The lowest BCUT2D eigenvalue weighted by atomic mass is 9.96. The van der Waals surface area contributed by atoms with E-state index in [2.05, 4.69) is 10.1 Å². The van der Waals surface area contributed by atoms with Gasteiger partial charge in [0.25, 0.3) is 5.91 Å². The minimum Gasteiger partial charge on any atom is -0.434 e. The maximum Gasteiger partial charge on any atom is 0.387 e. The number of benzene rings is 2. The number of anilines is 2. The van der Waals surface area contributed by atoms with Crippen LogP contribution >= 0.6 is 11.6 Å². The number of likely N-dealkylation sites (tertiary alicyclic amines) is 1. The van der Waals surface area contributed by atoms with Gasteiger partial charge in [0.2, 0.25) is 11.8 Å². The molecule has 10 heteroatoms. The Balaban J connectivity index is 1.45. The minimum absolute atomic E-state index is 0.0230. The molecule has 2 aromatic carbocycles. The third-order valence-electron chi connectivity index (χ3n) is 6.01. The number of amides is 3. The van der Waals surface area contributed by atoms with Gasteiger partial charge in [0.05, 0.1) is 22.2 Å². The molecule has 0 aromatic heterocycles. The van der Waals surface area contributed by atoms with Crippen LogP contribution < -0.4 is 15.0 Å². The zero-order chi connectivity index (χ0) is 24.2. The number of carbonyl (C=O) groups is 3. The van der Waals surface area contributed by atoms with Crippen molar-refractivity contribution in [3.8, 4) is 5.75 Å². The van der Waals surface area contributed by atoms with Crippen molar-refractivity contribution in [2.45, 2.75) is 32.3 Å². The van der Waals surface area contributed by atoms with E-state index < -0.39 is 18.4 Å². The summed E-state index contributed by atoms with van der Waals surface area (Å²) in [5.41, 5.74) is 1.08. The molecule has 180 valence electrons. The molecular formula is C24H24ClF2N3O4. The lowest BCUT2D eigenvalue weighted by Crippen LogP contribution is -2.44. The summed E-state index contributed by atoms with van der Waals surface area (Å²) in [4.78, 5) is 41.2. The molecule has 2 aliphatic heterocycles. The maximum atomic E-state index is 13.0. The highest BCUT2D eigenvalue weighted by atomic mass is 35.5. The maximum absolute atomic E-state index is 13.0. The third kappa shape index (κ3) is 5.30. The Morgan fingerprint density at radius 3 is 2.65 bits per heavy atom. The Morgan fingerprint density at radius 2 is 1.91 bits per heavy atom. The first-order valence-electron chi connectivity index (χ1n) is 11.1. The van der Waals surface area contributed by atoms with Gasteiger partial charge in [-0.3, -0.25) is 14.4 Å². The second kappa shape index (κ2) is 10.4. The van der Waals surface area contributed by atoms with Crippen LogP contribution in [0.15, 0.2) is 42.5 Å². The summed E-state index contributed by atoms with van der Waals surface area (Å²) in [6, 6.07) is 10.9. The second-order valence-corrected chi connectivity index (χ2v) is 8.67. The summed E-state index contributed by atoms with van der Waals surface area (Å²) >= 11 is 6.28. The van der Waals surface area contributed by atoms with Crippen molar-refractivity contribution in [1.29, 1.82) is 0 Å². The highest BCUT2D eigenvalue weighted by molar-refractivity contribution is 6.34. The molecule has 2 heterocycles. The van der Waals surface area contributed by atoms with Gasteiger partial charge in [-0.2, -0.15) is 8.78 Å². The normalized spacial score (nSPS) is 18.4. The summed E-state index contributed by atoms with van der Waals surface area (Å²) in [5, 5.41) is 3.16. The van der Waals surface area contributed by atoms with Crippen molar-refractivity contribution in [2.75, 3.05) is 29.9 Å². The molecule has 4 rings (SSSR count). The average Bonchev–Trinajstić information content (AvgIpc) is 3.26. The van der Waals surface area contributed by atoms with Crippen LogP contribution in [0.3, 0.4) is 0 Å². The van der Waals surface area contributed by atoms with Crippen LogP contribution in [0, 0.1) is 5.92 Å². The van der Waals surface area contributed by atoms with Gasteiger partial charge in [-0.1, -0.05) is 23.7 Å². The SMILES string of the molecule is O=C(Nc1cc(N2CCCC2=O)ccc1Cl)C1CCCN(C(=O)c2ccccc2OC(F)F)C1. The Hall–Kier alpha value is -3.20. The number of hydrogen-bond donors (Lipinski definition) is 1. The van der Waals surface area contributed by atoms with Crippen molar-refractivity contribution >= 4 is 40.7 Å². The molecule has 1 atom stereocenters. The number of nitrogens with zero attached hydrogens (tertiary/aromatic N) is 2. The molecule has 1 N–H and O–H groups in total. The number of ether oxygens (including phenoxy) is 1. The zero-order valence-corrected chi connectivity index (χ0v) is 19.1. The molecule has 0 bridgehead atoms. The molecule has 0 spiro atoms. The quantitative estimate of drug-likeness (QED) is 0.642. The Kier molecular flexibility index (Phi) is 7.31. The van der Waals surface area contributed by atoms with Crippen molar-refractivity contribution in [3.05, 3.63) is 53.1 Å². The van der Waals surface area contributed by atoms with E-state index in [1.165, 1.54) is 23.1 Å². The lowest BCUT2D eigenvalue weighted by Gasteiger charge is -2.32. The van der Waals surface area contributed by atoms with E-state index >= 15 is 0 Å². The Morgan fingerprint density at radius 1 is 1.12 bits per heavy atom. The van der Waals surface area contributed by atoms with E-state index in [0.29, 0.717) is 48.7 Å². The van der Waals surface area contributed by atoms with E-state index in [0.717, 1.165) is 6.42 Å². The fourth-order valence-electron chi connectivity index (χ4n) is 4.32. The molecule has 0 radical (unpaired) electrons. The molecule has 3 amide bonds. The summed E-state index contributed by atoms with van der Waals surface area (Å²) in [5.74, 6) is -1.46. The van der Waals surface area contributed by atoms with Crippen LogP contribution in [0.1, 0.15) is 36.0 Å². The largest absolute Gasteiger partial charge is 0.434 e. The minimum atomic E-state index is -3.05. The van der Waals surface area contributed by atoms with Gasteiger partial charge in [0.15, 0.2) is 0 Å². The lowest BCUT2D eigenvalue weighted by molar-refractivity contribution is -0.121. The number of para-hydroxylation sites is 1. The van der Waals surface area contributed by atoms with Gasteiger partial charge in [-0.25, -0.2) is 0 Å². The van der Waals surface area contributed by atoms with Gasteiger partial charge in [0, 0.05) is 31.7 Å². The molecule has 2 aliphatic rings.